The van der Waals surface area contributed by atoms with Crippen LogP contribution in [-0.2, 0) is 18.5 Å². The van der Waals surface area contributed by atoms with Crippen LogP contribution in [0.5, 0.6) is 5.75 Å². The van der Waals surface area contributed by atoms with Crippen LogP contribution in [0.2, 0.25) is 15.1 Å². The zero-order chi connectivity index (χ0) is 83.3. The predicted molar refractivity (Wildman–Crippen MR) is 455 cm³/mol. The van der Waals surface area contributed by atoms with Crippen molar-refractivity contribution in [2.45, 2.75) is 46.2 Å². The van der Waals surface area contributed by atoms with Gasteiger partial charge in [-0.3, -0.25) is 0 Å². The molecule has 13 aromatic rings. The molecule has 0 N–H and O–H groups in total. The lowest BCUT2D eigenvalue weighted by Crippen LogP contribution is -2.74. The standard InChI is InChI=1S/C28H19BF9.C25H22B.C7H9BCl.C7H9BFO.C7H9BF.C6H6BCl2.C6H3BF5/c1-18-2-10-22(11-3-18)29(23-12-4-19(5-13-23)26(30,31)32,24-14-6-20(7-15-24)27(33,34)35)25-16-8-21(9-17-25)28(36,37)38;1-21-17-19-25(20-18-21)26(22-11-5-2-6-12-22,23-13-7-3-8-14-23)24-15-9-4-10-16-24;1-5-4-6(9)2-3-7(5)8;1-10-7-3-2-5(9)4-6(7)8;1-5-2-3-6(9)4-7(5)8;7-4-1-2-5(8)6(9)3-4;7-1-2(8)4(10)6(12)5(11)3(1)9/h2-17H,1H3;2-20H,1H3;2-4H,1,8H3;2-4H,1,8H3;2-4H,1,8H3;1-3H,7H3;7H3/q7*-1. The molecule has 113 heavy (non-hydrogen) atoms. The molecule has 0 bridgehead atoms. The van der Waals surface area contributed by atoms with Gasteiger partial charge in [0.2, 0.25) is 0 Å². The molecule has 0 atom stereocenters. The summed E-state index contributed by atoms with van der Waals surface area (Å²) in [5.41, 5.74) is 13.3. The summed E-state index contributed by atoms with van der Waals surface area (Å²) in [6.07, 6.45) is -17.6. The van der Waals surface area contributed by atoms with Gasteiger partial charge in [-0.25, -0.2) is 47.1 Å². The minimum Gasteiger partial charge on any atom is -0.500 e. The van der Waals surface area contributed by atoms with E-state index in [1.807, 2.05) is 43.3 Å². The van der Waals surface area contributed by atoms with Crippen molar-refractivity contribution in [3.63, 3.8) is 0 Å². The van der Waals surface area contributed by atoms with Crippen molar-refractivity contribution in [2.24, 2.45) is 0 Å². The SMILES string of the molecule is Cc1ccc([B-](c2ccc(C(F)(F)F)cc2)(c2ccc(C(F)(F)F)cc2)c2ccc(C(F)(F)F)cc2)cc1.Cc1ccc([B-](c2ccccc2)(c2ccccc2)c2ccccc2)cc1.[BH3-]c1c(F)c(F)c(F)c(F)c1F.[BH3-]c1cc(F)ccc1C.[BH3-]c1cc(F)ccc1OC.[BH3-]c1ccc(Cl)c(Cl)c1.[BH3-]c1ccc(Cl)cc1C. The predicted octanol–water partition coefficient (Wildman–Crippen LogP) is 11.7. The van der Waals surface area contributed by atoms with E-state index in [1.54, 1.807) is 62.0 Å². The van der Waals surface area contributed by atoms with E-state index in [0.717, 1.165) is 58.2 Å². The molecule has 0 unspecified atom stereocenters. The van der Waals surface area contributed by atoms with Gasteiger partial charge in [-0.2, -0.15) is 88.7 Å². The lowest BCUT2D eigenvalue weighted by atomic mass is 9.13. The Hall–Kier alpha value is -10.1. The molecule has 27 heteroatoms. The van der Waals surface area contributed by atoms with Gasteiger partial charge in [0, 0.05) is 5.02 Å². The van der Waals surface area contributed by atoms with E-state index >= 15 is 0 Å². The average Bonchev–Trinajstić information content (AvgIpc) is 0.730. The first kappa shape index (κ1) is 90.1. The molecular formula is C86H77B7Cl3F16O-7. The molecule has 0 aliphatic carbocycles. The van der Waals surface area contributed by atoms with Crippen LogP contribution in [0.15, 0.2) is 285 Å². The summed E-state index contributed by atoms with van der Waals surface area (Å²) in [5.74, 6) is -8.55. The third-order valence-corrected chi connectivity index (χ3v) is 17.8. The first-order chi connectivity index (χ1) is 53.2. The van der Waals surface area contributed by atoms with Gasteiger partial charge in [0.15, 0.2) is 17.5 Å². The molecule has 13 rings (SSSR count). The number of benzene rings is 13. The monoisotopic (exact) mass is 1610 g/mol. The molecule has 0 aromatic heterocycles. The van der Waals surface area contributed by atoms with Crippen molar-refractivity contribution in [3.8, 4) is 5.75 Å². The number of ether oxygens (including phenoxy) is 1. The summed E-state index contributed by atoms with van der Waals surface area (Å²) < 4.78 is 212. The number of methoxy groups -OCH3 is 1. The third-order valence-electron chi connectivity index (χ3n) is 16.8. The van der Waals surface area contributed by atoms with Crippen molar-refractivity contribution >= 4 is 157 Å². The Labute approximate surface area is 667 Å². The summed E-state index contributed by atoms with van der Waals surface area (Å²) in [5, 5.41) is 2.20. The third kappa shape index (κ3) is 23.5. The number of rotatable bonds is 9. The Morgan fingerprint density at radius 1 is 0.292 bits per heavy atom. The van der Waals surface area contributed by atoms with E-state index in [0.29, 0.717) is 39.7 Å². The molecule has 13 aromatic carbocycles. The zero-order valence-corrected chi connectivity index (χ0v) is 60.1. The maximum absolute atomic E-state index is 13.3. The van der Waals surface area contributed by atoms with Gasteiger partial charge in [0.05, 0.1) is 39.6 Å². The van der Waals surface area contributed by atoms with Crippen LogP contribution in [0, 0.1) is 68.4 Å². The highest BCUT2D eigenvalue weighted by atomic mass is 35.5. The summed E-state index contributed by atoms with van der Waals surface area (Å²) >= 11 is 17.1. The summed E-state index contributed by atoms with van der Waals surface area (Å²) in [7, 11) is 1.36. The molecule has 0 radical (unpaired) electrons. The quantitative estimate of drug-likeness (QED) is 0.0606. The molecule has 0 saturated carbocycles. The minimum absolute atomic E-state index is 0.0277. The molecule has 0 amide bonds. The molecule has 0 saturated heterocycles. The van der Waals surface area contributed by atoms with E-state index < -0.39 is 89.9 Å². The van der Waals surface area contributed by atoms with E-state index in [4.69, 9.17) is 39.5 Å². The summed E-state index contributed by atoms with van der Waals surface area (Å²) in [6.45, 7) is 8.09. The minimum atomic E-state index is -4.64. The molecule has 0 aliphatic heterocycles. The van der Waals surface area contributed by atoms with Crippen molar-refractivity contribution in [2.75, 3.05) is 7.11 Å². The first-order valence-corrected chi connectivity index (χ1v) is 33.7. The molecular weight excluding hydrogens is 1530 g/mol. The van der Waals surface area contributed by atoms with Crippen molar-refractivity contribution in [1.82, 2.24) is 0 Å². The van der Waals surface area contributed by atoms with Crippen LogP contribution in [0.4, 0.5) is 70.2 Å². The fourth-order valence-corrected chi connectivity index (χ4v) is 12.0. The molecule has 1 nitrogen and oxygen atoms in total. The van der Waals surface area contributed by atoms with Gasteiger partial charge >= 0.3 is 18.5 Å². The smallest absolute Gasteiger partial charge is 0.416 e. The van der Waals surface area contributed by atoms with Crippen LogP contribution in [0.1, 0.15) is 38.9 Å². The maximum atomic E-state index is 13.3. The van der Waals surface area contributed by atoms with Crippen LogP contribution < -0.4 is 75.8 Å². The van der Waals surface area contributed by atoms with Crippen LogP contribution in [0.25, 0.3) is 0 Å². The molecule has 0 heterocycles. The van der Waals surface area contributed by atoms with Gasteiger partial charge < -0.3 is 4.74 Å². The fraction of sp³-hybridized carbons (Fsp3) is 0.0930. The molecule has 0 fully saturated rings. The van der Waals surface area contributed by atoms with Crippen molar-refractivity contribution in [3.05, 3.63) is 380 Å². The Bertz CT molecular complexity index is 4790. The number of hydrogen-bond donors (Lipinski definition) is 0. The highest BCUT2D eigenvalue weighted by molar-refractivity contribution is 7.20. The van der Waals surface area contributed by atoms with Gasteiger partial charge in [0.1, 0.15) is 35.6 Å². The zero-order valence-electron chi connectivity index (χ0n) is 57.9. The number of halogens is 19. The van der Waals surface area contributed by atoms with E-state index in [-0.39, 0.29) is 35.2 Å². The van der Waals surface area contributed by atoms with Crippen molar-refractivity contribution in [1.29, 1.82) is 0 Å². The Balaban J connectivity index is 0.000000202. The van der Waals surface area contributed by atoms with Crippen LogP contribution in [-0.4, -0.2) is 58.6 Å². The van der Waals surface area contributed by atoms with E-state index in [9.17, 15) is 70.2 Å². The van der Waals surface area contributed by atoms with Gasteiger partial charge in [-0.1, -0.05) is 306 Å². The second kappa shape index (κ2) is 40.0. The average molecular weight is 1610 g/mol. The molecule has 0 spiro atoms. The largest absolute Gasteiger partial charge is 0.500 e. The normalized spacial score (nSPS) is 11.2. The van der Waals surface area contributed by atoms with Gasteiger partial charge in [0.25, 0.3) is 0 Å². The number of aryl methyl sites for hydroxylation is 4. The fourth-order valence-electron chi connectivity index (χ4n) is 11.6. The summed E-state index contributed by atoms with van der Waals surface area (Å²) in [6, 6.07) is 82.7. The van der Waals surface area contributed by atoms with E-state index in [1.165, 1.54) is 98.0 Å². The number of hydrogen-bond acceptors (Lipinski definition) is 1. The molecule has 0 aliphatic rings. The van der Waals surface area contributed by atoms with Crippen molar-refractivity contribution < 1.29 is 75.0 Å². The Morgan fingerprint density at radius 2 is 0.611 bits per heavy atom. The van der Waals surface area contributed by atoms with Crippen LogP contribution >= 0.6 is 34.8 Å². The Kier molecular flexibility index (Phi) is 31.9. The second-order valence-corrected chi connectivity index (χ2v) is 25.4. The van der Waals surface area contributed by atoms with Gasteiger partial charge in [-0.05, 0) is 103 Å². The highest BCUT2D eigenvalue weighted by Gasteiger charge is 2.38. The lowest BCUT2D eigenvalue weighted by Gasteiger charge is -2.44. The highest BCUT2D eigenvalue weighted by Crippen LogP contribution is 2.32. The molecule has 588 valence electrons. The topological polar surface area (TPSA) is 9.23 Å². The second-order valence-electron chi connectivity index (χ2n) is 24.1. The summed E-state index contributed by atoms with van der Waals surface area (Å²) in [4.78, 5) is 0. The van der Waals surface area contributed by atoms with Crippen LogP contribution in [0.3, 0.4) is 0 Å². The first-order valence-electron chi connectivity index (χ1n) is 32.6. The maximum Gasteiger partial charge on any atom is 0.416 e. The Morgan fingerprint density at radius 3 is 0.894 bits per heavy atom. The lowest BCUT2D eigenvalue weighted by molar-refractivity contribution is -0.138. The van der Waals surface area contributed by atoms with Gasteiger partial charge in [-0.15, -0.1) is 5.46 Å². The number of alkyl halides is 9. The van der Waals surface area contributed by atoms with E-state index in [2.05, 4.69) is 135 Å².